The van der Waals surface area contributed by atoms with Crippen molar-refractivity contribution in [2.75, 3.05) is 6.26 Å². The molecule has 0 N–H and O–H groups in total. The molecule has 1 aromatic carbocycles. The molecule has 1 aromatic heterocycles. The fourth-order valence-electron chi connectivity index (χ4n) is 3.18. The highest BCUT2D eigenvalue weighted by molar-refractivity contribution is 14.1. The summed E-state index contributed by atoms with van der Waals surface area (Å²) in [6.07, 6.45) is 7.14. The third-order valence-corrected chi connectivity index (χ3v) is 6.85. The van der Waals surface area contributed by atoms with Crippen molar-refractivity contribution < 1.29 is 4.39 Å². The highest BCUT2D eigenvalue weighted by atomic mass is 127. The molecule has 1 aliphatic rings. The van der Waals surface area contributed by atoms with Crippen molar-refractivity contribution in [3.8, 4) is 0 Å². The van der Waals surface area contributed by atoms with Crippen LogP contribution in [0.25, 0.3) is 11.0 Å². The van der Waals surface area contributed by atoms with E-state index in [0.717, 1.165) is 23.4 Å². The molecule has 0 radical (unpaired) electrons. The van der Waals surface area contributed by atoms with Crippen LogP contribution >= 0.6 is 46.0 Å². The number of alkyl halides is 1. The van der Waals surface area contributed by atoms with E-state index >= 15 is 0 Å². The second-order valence-corrected chi connectivity index (χ2v) is 8.30. The monoisotopic (exact) mass is 438 g/mol. The molecule has 3 rings (SSSR count). The average Bonchev–Trinajstić information content (AvgIpc) is 3.07. The van der Waals surface area contributed by atoms with Crippen molar-refractivity contribution in [3.63, 3.8) is 0 Å². The van der Waals surface area contributed by atoms with Gasteiger partial charge in [0.2, 0.25) is 0 Å². The van der Waals surface area contributed by atoms with Gasteiger partial charge in [-0.25, -0.2) is 9.37 Å². The van der Waals surface area contributed by atoms with E-state index in [1.165, 1.54) is 25.7 Å². The van der Waals surface area contributed by atoms with Gasteiger partial charge in [0.25, 0.3) is 0 Å². The molecule has 0 saturated heterocycles. The molecule has 0 aliphatic heterocycles. The maximum Gasteiger partial charge on any atom is 0.138 e. The van der Waals surface area contributed by atoms with Crippen LogP contribution in [0.15, 0.2) is 12.1 Å². The summed E-state index contributed by atoms with van der Waals surface area (Å²) in [5.74, 6) is 1.01. The fraction of sp³-hybridized carbons (Fsp3) is 0.533. The van der Waals surface area contributed by atoms with Crippen LogP contribution in [0.5, 0.6) is 0 Å². The number of halogens is 3. The molecule has 2 aromatic rings. The number of hydrogen-bond acceptors (Lipinski definition) is 2. The van der Waals surface area contributed by atoms with Crippen LogP contribution in [0.3, 0.4) is 0 Å². The Bertz CT molecular complexity index is 667. The summed E-state index contributed by atoms with van der Waals surface area (Å²) >= 11 is 10.0. The number of nitrogens with zero attached hydrogens (tertiary/aromatic N) is 2. The Morgan fingerprint density at radius 1 is 1.43 bits per heavy atom. The Labute approximate surface area is 147 Å². The van der Waals surface area contributed by atoms with Crippen LogP contribution in [-0.2, 0) is 12.4 Å². The van der Waals surface area contributed by atoms with Crippen molar-refractivity contribution in [1.29, 1.82) is 0 Å². The van der Waals surface area contributed by atoms with Crippen LogP contribution in [0.4, 0.5) is 4.39 Å². The summed E-state index contributed by atoms with van der Waals surface area (Å²) in [6, 6.07) is 3.40. The SMILES string of the molecule is CSC1(Cn2c(CCl)nc3cc(I)c(F)cc32)CCCC1. The normalized spacial score (nSPS) is 17.7. The lowest BCUT2D eigenvalue weighted by atomic mass is 10.1. The number of thioether (sulfide) groups is 1. The van der Waals surface area contributed by atoms with E-state index in [1.54, 1.807) is 12.1 Å². The van der Waals surface area contributed by atoms with E-state index in [4.69, 9.17) is 11.6 Å². The summed E-state index contributed by atoms with van der Waals surface area (Å²) in [5, 5.41) is 0. The first-order valence-corrected chi connectivity index (χ1v) is 9.88. The lowest BCUT2D eigenvalue weighted by Crippen LogP contribution is -2.27. The Hall–Kier alpha value is -0.0100. The first kappa shape index (κ1) is 15.9. The van der Waals surface area contributed by atoms with Crippen LogP contribution in [0.2, 0.25) is 0 Å². The molecule has 0 atom stereocenters. The van der Waals surface area contributed by atoms with Gasteiger partial charge in [0, 0.05) is 17.4 Å². The van der Waals surface area contributed by atoms with Gasteiger partial charge in [-0.2, -0.15) is 11.8 Å². The molecule has 2 nitrogen and oxygen atoms in total. The van der Waals surface area contributed by atoms with E-state index in [9.17, 15) is 4.39 Å². The topological polar surface area (TPSA) is 17.8 Å². The first-order chi connectivity index (χ1) is 10.1. The maximum absolute atomic E-state index is 13.9. The highest BCUT2D eigenvalue weighted by Gasteiger charge is 2.34. The Morgan fingerprint density at radius 3 is 2.76 bits per heavy atom. The summed E-state index contributed by atoms with van der Waals surface area (Å²) < 4.78 is 16.9. The second-order valence-electron chi connectivity index (χ2n) is 5.60. The minimum absolute atomic E-state index is 0.185. The van der Waals surface area contributed by atoms with Crippen molar-refractivity contribution in [3.05, 3.63) is 27.3 Å². The number of hydrogen-bond donors (Lipinski definition) is 0. The Morgan fingerprint density at radius 2 is 2.14 bits per heavy atom. The smallest absolute Gasteiger partial charge is 0.138 e. The van der Waals surface area contributed by atoms with Crippen molar-refractivity contribution in [2.45, 2.75) is 42.9 Å². The molecule has 1 heterocycles. The number of benzene rings is 1. The number of aromatic nitrogens is 2. The first-order valence-electron chi connectivity index (χ1n) is 7.04. The third-order valence-electron chi connectivity index (χ3n) is 4.38. The third kappa shape index (κ3) is 2.93. The maximum atomic E-state index is 13.9. The molecule has 1 aliphatic carbocycles. The lowest BCUT2D eigenvalue weighted by molar-refractivity contribution is 0.504. The molecule has 0 bridgehead atoms. The molecule has 1 fully saturated rings. The van der Waals surface area contributed by atoms with Crippen LogP contribution in [0, 0.1) is 9.39 Å². The average molecular weight is 439 g/mol. The standard InChI is InChI=1S/C15H17ClFIN2S/c1-21-15(4-2-3-5-15)9-20-13-6-10(17)11(18)7-12(13)19-14(20)8-16/h6-7H,2-5,8-9H2,1H3. The summed E-state index contributed by atoms with van der Waals surface area (Å²) in [5.41, 5.74) is 1.70. The largest absolute Gasteiger partial charge is 0.325 e. The van der Waals surface area contributed by atoms with E-state index in [1.807, 2.05) is 34.4 Å². The summed E-state index contributed by atoms with van der Waals surface area (Å²) in [6.45, 7) is 0.868. The van der Waals surface area contributed by atoms with Crippen LogP contribution in [0.1, 0.15) is 31.5 Å². The molecule has 114 valence electrons. The number of fused-ring (bicyclic) bond motifs is 1. The van der Waals surface area contributed by atoms with Crippen molar-refractivity contribution in [2.24, 2.45) is 0 Å². The van der Waals surface area contributed by atoms with Crippen LogP contribution in [-0.4, -0.2) is 20.6 Å². The van der Waals surface area contributed by atoms with E-state index < -0.39 is 0 Å². The Balaban J connectivity index is 2.09. The summed E-state index contributed by atoms with van der Waals surface area (Å²) in [7, 11) is 0. The molecular weight excluding hydrogens is 422 g/mol. The highest BCUT2D eigenvalue weighted by Crippen LogP contribution is 2.42. The molecule has 0 unspecified atom stereocenters. The predicted molar refractivity (Wildman–Crippen MR) is 96.7 cm³/mol. The zero-order chi connectivity index (χ0) is 15.0. The lowest BCUT2D eigenvalue weighted by Gasteiger charge is -2.28. The molecule has 1 saturated carbocycles. The summed E-state index contributed by atoms with van der Waals surface area (Å²) in [4.78, 5) is 4.59. The van der Waals surface area contributed by atoms with E-state index in [2.05, 4.69) is 15.8 Å². The van der Waals surface area contributed by atoms with E-state index in [-0.39, 0.29) is 10.6 Å². The van der Waals surface area contributed by atoms with Gasteiger partial charge in [-0.1, -0.05) is 12.8 Å². The zero-order valence-corrected chi connectivity index (χ0v) is 15.6. The zero-order valence-electron chi connectivity index (χ0n) is 11.8. The van der Waals surface area contributed by atoms with Gasteiger partial charge in [-0.05, 0) is 47.8 Å². The van der Waals surface area contributed by atoms with Gasteiger partial charge in [-0.3, -0.25) is 0 Å². The number of rotatable bonds is 4. The van der Waals surface area contributed by atoms with Crippen molar-refractivity contribution >= 4 is 57.0 Å². The quantitative estimate of drug-likeness (QED) is 0.483. The predicted octanol–water partition coefficient (Wildman–Crippen LogP) is 5.19. The van der Waals surface area contributed by atoms with Gasteiger partial charge >= 0.3 is 0 Å². The van der Waals surface area contributed by atoms with Gasteiger partial charge in [0.1, 0.15) is 11.6 Å². The Kier molecular flexibility index (Phi) is 4.72. The van der Waals surface area contributed by atoms with Gasteiger partial charge in [0.05, 0.1) is 20.5 Å². The van der Waals surface area contributed by atoms with Gasteiger partial charge in [-0.15, -0.1) is 11.6 Å². The molecular formula is C15H17ClFIN2S. The number of imidazole rings is 1. The minimum Gasteiger partial charge on any atom is -0.325 e. The van der Waals surface area contributed by atoms with Crippen molar-refractivity contribution in [1.82, 2.24) is 9.55 Å². The van der Waals surface area contributed by atoms with Gasteiger partial charge in [0.15, 0.2) is 0 Å². The molecule has 0 amide bonds. The van der Waals surface area contributed by atoms with Crippen LogP contribution < -0.4 is 0 Å². The fourth-order valence-corrected chi connectivity index (χ4v) is 4.79. The van der Waals surface area contributed by atoms with E-state index in [0.29, 0.717) is 9.45 Å². The second kappa shape index (κ2) is 6.24. The molecule has 21 heavy (non-hydrogen) atoms. The molecule has 0 spiro atoms. The minimum atomic E-state index is -0.185. The van der Waals surface area contributed by atoms with Gasteiger partial charge < -0.3 is 4.57 Å². The molecule has 6 heteroatoms.